The second kappa shape index (κ2) is 5.94. The zero-order valence-corrected chi connectivity index (χ0v) is 11.8. The summed E-state index contributed by atoms with van der Waals surface area (Å²) in [5.74, 6) is 0. The molecule has 1 aliphatic heterocycles. The Bertz CT molecular complexity index is 468. The van der Waals surface area contributed by atoms with Gasteiger partial charge in [-0.2, -0.15) is 5.26 Å². The number of rotatable bonds is 3. The summed E-state index contributed by atoms with van der Waals surface area (Å²) in [4.78, 5) is 4.86. The molecule has 1 saturated heterocycles. The van der Waals surface area contributed by atoms with E-state index in [1.807, 2.05) is 6.07 Å². The van der Waals surface area contributed by atoms with Crippen LogP contribution in [0.5, 0.6) is 0 Å². The Morgan fingerprint density at radius 1 is 1.26 bits per heavy atom. The molecule has 4 heteroatoms. The van der Waals surface area contributed by atoms with Gasteiger partial charge in [0.1, 0.15) is 0 Å². The molecular weight excluding hydrogens is 236 g/mol. The largest absolute Gasteiger partial charge is 0.398 e. The molecule has 0 radical (unpaired) electrons. The van der Waals surface area contributed by atoms with Crippen molar-refractivity contribution >= 4 is 11.4 Å². The van der Waals surface area contributed by atoms with Gasteiger partial charge in [-0.1, -0.05) is 0 Å². The molecule has 2 N–H and O–H groups in total. The average Bonchev–Trinajstić information content (AvgIpc) is 2.41. The highest BCUT2D eigenvalue weighted by Gasteiger charge is 2.19. The minimum atomic E-state index is 0.381. The van der Waals surface area contributed by atoms with E-state index in [4.69, 9.17) is 11.0 Å². The lowest BCUT2D eigenvalue weighted by Crippen LogP contribution is -2.48. The Balaban J connectivity index is 2.07. The molecular formula is C15H22N4. The topological polar surface area (TPSA) is 56.3 Å². The lowest BCUT2D eigenvalue weighted by molar-refractivity contribution is 0.209. The van der Waals surface area contributed by atoms with Crippen LogP contribution in [0.25, 0.3) is 0 Å². The molecule has 0 bridgehead atoms. The van der Waals surface area contributed by atoms with Crippen LogP contribution in [0.15, 0.2) is 18.2 Å². The first-order chi connectivity index (χ1) is 9.11. The van der Waals surface area contributed by atoms with Crippen LogP contribution in [0.1, 0.15) is 19.4 Å². The Hall–Kier alpha value is -1.73. The van der Waals surface area contributed by atoms with Crippen LogP contribution < -0.4 is 10.6 Å². The molecule has 102 valence electrons. The van der Waals surface area contributed by atoms with Crippen molar-refractivity contribution in [1.82, 2.24) is 4.90 Å². The summed E-state index contributed by atoms with van der Waals surface area (Å²) in [6, 6.07) is 8.81. The van der Waals surface area contributed by atoms with Crippen LogP contribution in [-0.2, 0) is 6.42 Å². The summed E-state index contributed by atoms with van der Waals surface area (Å²) in [6.07, 6.45) is 0.381. The van der Waals surface area contributed by atoms with Crippen molar-refractivity contribution in [3.8, 4) is 6.07 Å². The van der Waals surface area contributed by atoms with Gasteiger partial charge in [0, 0.05) is 43.6 Å². The van der Waals surface area contributed by atoms with Crippen molar-refractivity contribution in [2.75, 3.05) is 36.8 Å². The summed E-state index contributed by atoms with van der Waals surface area (Å²) >= 11 is 0. The predicted molar refractivity (Wildman–Crippen MR) is 79.1 cm³/mol. The number of piperazine rings is 1. The smallest absolute Gasteiger partial charge is 0.0670 e. The Morgan fingerprint density at radius 2 is 1.95 bits per heavy atom. The third-order valence-electron chi connectivity index (χ3n) is 3.81. The molecule has 0 aromatic heterocycles. The number of anilines is 2. The Morgan fingerprint density at radius 3 is 2.53 bits per heavy atom. The van der Waals surface area contributed by atoms with Gasteiger partial charge in [0.2, 0.25) is 0 Å². The number of nitriles is 1. The van der Waals surface area contributed by atoms with Crippen molar-refractivity contribution < 1.29 is 0 Å². The normalized spacial score (nSPS) is 16.6. The molecule has 0 saturated carbocycles. The molecule has 1 fully saturated rings. The van der Waals surface area contributed by atoms with E-state index in [0.717, 1.165) is 31.7 Å². The molecule has 0 aliphatic carbocycles. The van der Waals surface area contributed by atoms with Gasteiger partial charge in [-0.3, -0.25) is 4.90 Å². The maximum Gasteiger partial charge on any atom is 0.0670 e. The fourth-order valence-electron chi connectivity index (χ4n) is 2.52. The van der Waals surface area contributed by atoms with Crippen molar-refractivity contribution in [2.24, 2.45) is 0 Å². The van der Waals surface area contributed by atoms with Crippen molar-refractivity contribution in [2.45, 2.75) is 26.3 Å². The van der Waals surface area contributed by atoms with Gasteiger partial charge in [-0.15, -0.1) is 0 Å². The monoisotopic (exact) mass is 258 g/mol. The highest BCUT2D eigenvalue weighted by Crippen LogP contribution is 2.23. The molecule has 0 atom stereocenters. The zero-order chi connectivity index (χ0) is 13.8. The zero-order valence-electron chi connectivity index (χ0n) is 11.8. The summed E-state index contributed by atoms with van der Waals surface area (Å²) < 4.78 is 0. The average molecular weight is 258 g/mol. The molecule has 0 spiro atoms. The summed E-state index contributed by atoms with van der Waals surface area (Å²) in [6.45, 7) is 8.74. The number of benzene rings is 1. The van der Waals surface area contributed by atoms with Crippen LogP contribution in [0.4, 0.5) is 11.4 Å². The van der Waals surface area contributed by atoms with Gasteiger partial charge in [-0.05, 0) is 37.6 Å². The number of nitrogens with zero attached hydrogens (tertiary/aromatic N) is 3. The van der Waals surface area contributed by atoms with E-state index in [2.05, 4.69) is 41.8 Å². The maximum absolute atomic E-state index is 8.82. The number of nitrogen functional groups attached to an aromatic ring is 1. The van der Waals surface area contributed by atoms with Crippen LogP contribution in [0.2, 0.25) is 0 Å². The van der Waals surface area contributed by atoms with Gasteiger partial charge in [-0.25, -0.2) is 0 Å². The summed E-state index contributed by atoms with van der Waals surface area (Å²) in [7, 11) is 0. The minimum absolute atomic E-state index is 0.381. The molecule has 1 heterocycles. The van der Waals surface area contributed by atoms with E-state index in [1.54, 1.807) is 0 Å². The SMILES string of the molecule is CC(C)N1CCN(c2ccc(N)c(CC#N)c2)CC1. The molecule has 1 aromatic carbocycles. The number of hydrogen-bond acceptors (Lipinski definition) is 4. The van der Waals surface area contributed by atoms with E-state index in [9.17, 15) is 0 Å². The van der Waals surface area contributed by atoms with Gasteiger partial charge < -0.3 is 10.6 Å². The van der Waals surface area contributed by atoms with E-state index in [0.29, 0.717) is 18.2 Å². The van der Waals surface area contributed by atoms with Crippen molar-refractivity contribution in [1.29, 1.82) is 5.26 Å². The third kappa shape index (κ3) is 3.18. The lowest BCUT2D eigenvalue weighted by atomic mass is 10.1. The van der Waals surface area contributed by atoms with Crippen LogP contribution in [-0.4, -0.2) is 37.1 Å². The minimum Gasteiger partial charge on any atom is -0.398 e. The molecule has 19 heavy (non-hydrogen) atoms. The second-order valence-electron chi connectivity index (χ2n) is 5.33. The second-order valence-corrected chi connectivity index (χ2v) is 5.33. The Labute approximate surface area is 115 Å². The van der Waals surface area contributed by atoms with E-state index in [-0.39, 0.29) is 0 Å². The lowest BCUT2D eigenvalue weighted by Gasteiger charge is -2.38. The summed E-state index contributed by atoms with van der Waals surface area (Å²) in [5, 5.41) is 8.82. The number of nitrogens with two attached hydrogens (primary N) is 1. The molecule has 1 aromatic rings. The van der Waals surface area contributed by atoms with E-state index < -0.39 is 0 Å². The number of hydrogen-bond donors (Lipinski definition) is 1. The van der Waals surface area contributed by atoms with Gasteiger partial charge >= 0.3 is 0 Å². The van der Waals surface area contributed by atoms with Crippen molar-refractivity contribution in [3.63, 3.8) is 0 Å². The van der Waals surface area contributed by atoms with E-state index in [1.165, 1.54) is 5.69 Å². The molecule has 1 aliphatic rings. The van der Waals surface area contributed by atoms with Crippen LogP contribution in [0, 0.1) is 11.3 Å². The van der Waals surface area contributed by atoms with E-state index >= 15 is 0 Å². The first kappa shape index (κ1) is 13.7. The first-order valence-electron chi connectivity index (χ1n) is 6.86. The Kier molecular flexibility index (Phi) is 4.28. The standard InChI is InChI=1S/C15H22N4/c1-12(2)18-7-9-19(10-8-18)14-3-4-15(17)13(11-14)5-6-16/h3-4,11-12H,5,7-10,17H2,1-2H3. The highest BCUT2D eigenvalue weighted by atomic mass is 15.3. The fourth-order valence-corrected chi connectivity index (χ4v) is 2.52. The predicted octanol–water partition coefficient (Wildman–Crippen LogP) is 1.87. The fraction of sp³-hybridized carbons (Fsp3) is 0.533. The third-order valence-corrected chi connectivity index (χ3v) is 3.81. The van der Waals surface area contributed by atoms with Gasteiger partial charge in [0.05, 0.1) is 12.5 Å². The highest BCUT2D eigenvalue weighted by molar-refractivity contribution is 5.59. The van der Waals surface area contributed by atoms with Gasteiger partial charge in [0.15, 0.2) is 0 Å². The first-order valence-corrected chi connectivity index (χ1v) is 6.86. The summed E-state index contributed by atoms with van der Waals surface area (Å²) in [5.41, 5.74) is 8.72. The van der Waals surface area contributed by atoms with Crippen molar-refractivity contribution in [3.05, 3.63) is 23.8 Å². The van der Waals surface area contributed by atoms with Crippen LogP contribution >= 0.6 is 0 Å². The maximum atomic E-state index is 8.82. The molecule has 0 amide bonds. The molecule has 2 rings (SSSR count). The molecule has 4 nitrogen and oxygen atoms in total. The molecule has 0 unspecified atom stereocenters. The quantitative estimate of drug-likeness (QED) is 0.841. The van der Waals surface area contributed by atoms with Crippen LogP contribution in [0.3, 0.4) is 0 Å². The van der Waals surface area contributed by atoms with Gasteiger partial charge in [0.25, 0.3) is 0 Å².